The zero-order chi connectivity index (χ0) is 15.4. The second-order valence-corrected chi connectivity index (χ2v) is 5.52. The molecular weight excluding hydrogens is 300 g/mol. The Morgan fingerprint density at radius 2 is 2.14 bits per heavy atom. The molecule has 22 heavy (non-hydrogen) atoms. The molecule has 7 heteroatoms. The van der Waals surface area contributed by atoms with E-state index >= 15 is 0 Å². The molecule has 0 spiro atoms. The van der Waals surface area contributed by atoms with Crippen LogP contribution in [-0.4, -0.2) is 28.2 Å². The van der Waals surface area contributed by atoms with Crippen molar-refractivity contribution in [3.63, 3.8) is 0 Å². The molecule has 2 aromatic heterocycles. The molecule has 0 saturated carbocycles. The first-order chi connectivity index (χ1) is 10.7. The summed E-state index contributed by atoms with van der Waals surface area (Å²) in [6, 6.07) is 9.49. The summed E-state index contributed by atoms with van der Waals surface area (Å²) >= 11 is 1.47. The highest BCUT2D eigenvalue weighted by molar-refractivity contribution is 7.09. The average molecular weight is 314 g/mol. The number of carbonyl (C=O) groups excluding carboxylic acids is 1. The summed E-state index contributed by atoms with van der Waals surface area (Å²) in [5.41, 5.74) is 1.53. The summed E-state index contributed by atoms with van der Waals surface area (Å²) < 4.78 is 5.13. The maximum atomic E-state index is 12.0. The fourth-order valence-corrected chi connectivity index (χ4v) is 2.73. The van der Waals surface area contributed by atoms with Crippen molar-refractivity contribution >= 4 is 23.1 Å². The van der Waals surface area contributed by atoms with Crippen molar-refractivity contribution in [2.75, 3.05) is 12.4 Å². The van der Waals surface area contributed by atoms with E-state index in [2.05, 4.69) is 20.5 Å². The van der Waals surface area contributed by atoms with Crippen molar-refractivity contribution in [2.24, 2.45) is 0 Å². The van der Waals surface area contributed by atoms with Crippen LogP contribution in [0, 0.1) is 0 Å². The lowest BCUT2D eigenvalue weighted by molar-refractivity contribution is 0.102. The van der Waals surface area contributed by atoms with E-state index in [1.807, 2.05) is 24.3 Å². The Balaban J connectivity index is 1.66. The topological polar surface area (TPSA) is 79.9 Å². The van der Waals surface area contributed by atoms with Gasteiger partial charge >= 0.3 is 0 Å². The molecule has 2 heterocycles. The normalized spacial score (nSPS) is 10.4. The van der Waals surface area contributed by atoms with E-state index in [-0.39, 0.29) is 5.91 Å². The quantitative estimate of drug-likeness (QED) is 0.759. The largest absolute Gasteiger partial charge is 0.497 e. The number of rotatable bonds is 5. The molecule has 112 valence electrons. The van der Waals surface area contributed by atoms with Crippen molar-refractivity contribution in [3.8, 4) is 5.75 Å². The number of ether oxygens (including phenoxy) is 1. The summed E-state index contributed by atoms with van der Waals surface area (Å²) in [6.07, 6.45) is 2.26. The van der Waals surface area contributed by atoms with E-state index in [4.69, 9.17) is 4.74 Å². The number of amides is 1. The molecular formula is C15H14N4O2S. The Morgan fingerprint density at radius 3 is 2.82 bits per heavy atom. The van der Waals surface area contributed by atoms with Crippen molar-refractivity contribution in [1.82, 2.24) is 15.2 Å². The van der Waals surface area contributed by atoms with Gasteiger partial charge in [0.25, 0.3) is 5.91 Å². The minimum absolute atomic E-state index is 0.249. The van der Waals surface area contributed by atoms with Gasteiger partial charge in [-0.15, -0.1) is 11.3 Å². The van der Waals surface area contributed by atoms with Gasteiger partial charge in [0.1, 0.15) is 17.3 Å². The molecule has 0 unspecified atom stereocenters. The number of carbonyl (C=O) groups is 1. The Labute approximate surface area is 131 Å². The molecule has 1 amide bonds. The molecule has 0 radical (unpaired) electrons. The standard InChI is InChI=1S/C15H14N4O2S/c1-21-11-4-2-10(3-5-11)8-14-17-12(9-22-14)15(20)18-13-6-7-16-19-13/h2-7,9H,8H2,1H3,(H2,16,18,19,20). The second kappa shape index (κ2) is 6.40. The summed E-state index contributed by atoms with van der Waals surface area (Å²) in [5.74, 6) is 1.12. The van der Waals surface area contributed by atoms with Gasteiger partial charge in [-0.3, -0.25) is 9.89 Å². The first-order valence-corrected chi connectivity index (χ1v) is 7.50. The van der Waals surface area contributed by atoms with Crippen LogP contribution in [0.1, 0.15) is 21.1 Å². The van der Waals surface area contributed by atoms with Crippen LogP contribution >= 0.6 is 11.3 Å². The molecule has 0 saturated heterocycles. The summed E-state index contributed by atoms with van der Waals surface area (Å²) in [4.78, 5) is 16.4. The maximum absolute atomic E-state index is 12.0. The van der Waals surface area contributed by atoms with Crippen molar-refractivity contribution in [1.29, 1.82) is 0 Å². The minimum Gasteiger partial charge on any atom is -0.497 e. The van der Waals surface area contributed by atoms with E-state index in [9.17, 15) is 4.79 Å². The van der Waals surface area contributed by atoms with Crippen molar-refractivity contribution in [3.05, 3.63) is 58.2 Å². The highest BCUT2D eigenvalue weighted by Gasteiger charge is 2.12. The van der Waals surface area contributed by atoms with Crippen molar-refractivity contribution in [2.45, 2.75) is 6.42 Å². The Morgan fingerprint density at radius 1 is 1.32 bits per heavy atom. The first kappa shape index (κ1) is 14.3. The Bertz CT molecular complexity index is 750. The van der Waals surface area contributed by atoms with Crippen LogP contribution in [0.2, 0.25) is 0 Å². The molecule has 3 aromatic rings. The maximum Gasteiger partial charge on any atom is 0.276 e. The number of nitrogens with one attached hydrogen (secondary N) is 2. The molecule has 0 fully saturated rings. The highest BCUT2D eigenvalue weighted by Crippen LogP contribution is 2.18. The molecule has 0 aliphatic rings. The average Bonchev–Trinajstić information content (AvgIpc) is 3.20. The molecule has 2 N–H and O–H groups in total. The van der Waals surface area contributed by atoms with Crippen LogP contribution in [0.25, 0.3) is 0 Å². The summed E-state index contributed by atoms with van der Waals surface area (Å²) in [5, 5.41) is 11.8. The number of hydrogen-bond donors (Lipinski definition) is 2. The van der Waals surface area contributed by atoms with Crippen molar-refractivity contribution < 1.29 is 9.53 Å². The highest BCUT2D eigenvalue weighted by atomic mass is 32.1. The fourth-order valence-electron chi connectivity index (χ4n) is 1.93. The first-order valence-electron chi connectivity index (χ1n) is 6.62. The third-order valence-electron chi connectivity index (χ3n) is 3.05. The number of aromatic amines is 1. The number of benzene rings is 1. The van der Waals surface area contributed by atoms with E-state index in [1.165, 1.54) is 11.3 Å². The van der Waals surface area contributed by atoms with Crippen LogP contribution in [0.5, 0.6) is 5.75 Å². The smallest absolute Gasteiger partial charge is 0.276 e. The lowest BCUT2D eigenvalue weighted by Gasteiger charge is -2.01. The zero-order valence-corrected chi connectivity index (χ0v) is 12.7. The predicted octanol–water partition coefficient (Wildman–Crippen LogP) is 2.72. The van der Waals surface area contributed by atoms with Gasteiger partial charge < -0.3 is 10.1 Å². The Kier molecular flexibility index (Phi) is 4.15. The van der Waals surface area contributed by atoms with Crippen LogP contribution < -0.4 is 10.1 Å². The van der Waals surface area contributed by atoms with Crippen LogP contribution in [0.3, 0.4) is 0 Å². The van der Waals surface area contributed by atoms with Gasteiger partial charge in [-0.05, 0) is 17.7 Å². The Hall–Kier alpha value is -2.67. The van der Waals surface area contributed by atoms with Crippen LogP contribution in [-0.2, 0) is 6.42 Å². The third kappa shape index (κ3) is 3.32. The molecule has 0 aliphatic carbocycles. The lowest BCUT2D eigenvalue weighted by atomic mass is 10.1. The zero-order valence-electron chi connectivity index (χ0n) is 11.9. The fraction of sp³-hybridized carbons (Fsp3) is 0.133. The number of methoxy groups -OCH3 is 1. The van der Waals surface area contributed by atoms with Gasteiger partial charge in [-0.25, -0.2) is 4.98 Å². The van der Waals surface area contributed by atoms with Gasteiger partial charge in [0.05, 0.1) is 18.3 Å². The molecule has 0 atom stereocenters. The molecule has 6 nitrogen and oxygen atoms in total. The van der Waals surface area contributed by atoms with Gasteiger partial charge in [-0.1, -0.05) is 12.1 Å². The van der Waals surface area contributed by atoms with Gasteiger partial charge in [0, 0.05) is 17.9 Å². The SMILES string of the molecule is COc1ccc(Cc2nc(C(=O)Nc3ccn[nH]3)cs2)cc1. The molecule has 3 rings (SSSR count). The lowest BCUT2D eigenvalue weighted by Crippen LogP contribution is -2.12. The van der Waals surface area contributed by atoms with Gasteiger partial charge in [0.2, 0.25) is 0 Å². The number of hydrogen-bond acceptors (Lipinski definition) is 5. The summed E-state index contributed by atoms with van der Waals surface area (Å²) in [7, 11) is 1.64. The molecule has 1 aromatic carbocycles. The van der Waals surface area contributed by atoms with E-state index in [0.717, 1.165) is 16.3 Å². The van der Waals surface area contributed by atoms with Gasteiger partial charge in [-0.2, -0.15) is 5.10 Å². The van der Waals surface area contributed by atoms with E-state index in [0.29, 0.717) is 17.9 Å². The molecule has 0 aliphatic heterocycles. The number of H-pyrrole nitrogens is 1. The van der Waals surface area contributed by atoms with Gasteiger partial charge in [0.15, 0.2) is 0 Å². The number of nitrogens with zero attached hydrogens (tertiary/aromatic N) is 2. The number of anilines is 1. The third-order valence-corrected chi connectivity index (χ3v) is 3.90. The van der Waals surface area contributed by atoms with Crippen LogP contribution in [0.4, 0.5) is 5.82 Å². The predicted molar refractivity (Wildman–Crippen MR) is 84.5 cm³/mol. The van der Waals surface area contributed by atoms with E-state index in [1.54, 1.807) is 24.8 Å². The summed E-state index contributed by atoms with van der Waals surface area (Å²) in [6.45, 7) is 0. The second-order valence-electron chi connectivity index (χ2n) is 4.58. The van der Waals surface area contributed by atoms with Crippen LogP contribution in [0.15, 0.2) is 41.9 Å². The van der Waals surface area contributed by atoms with E-state index < -0.39 is 0 Å². The molecule has 0 bridgehead atoms. The number of thiazole rings is 1. The number of aromatic nitrogens is 3. The monoisotopic (exact) mass is 314 g/mol. The minimum atomic E-state index is -0.249.